The van der Waals surface area contributed by atoms with Gasteiger partial charge in [-0.1, -0.05) is 0 Å². The van der Waals surface area contributed by atoms with Crippen molar-refractivity contribution in [2.45, 2.75) is 43.5 Å². The lowest BCUT2D eigenvalue weighted by atomic mass is 10.3. The van der Waals surface area contributed by atoms with Gasteiger partial charge in [0.25, 0.3) is 0 Å². The summed E-state index contributed by atoms with van der Waals surface area (Å²) in [6, 6.07) is 0. The minimum atomic E-state index is -1.07. The Balaban J connectivity index is 4.83. The molecule has 0 spiro atoms. The van der Waals surface area contributed by atoms with Crippen LogP contribution in [0, 0.1) is 0 Å². The van der Waals surface area contributed by atoms with Gasteiger partial charge in [0.05, 0.1) is 79.3 Å². The summed E-state index contributed by atoms with van der Waals surface area (Å²) in [6.07, 6.45) is -4.56. The summed E-state index contributed by atoms with van der Waals surface area (Å²) in [5.41, 5.74) is 0. The molecule has 0 aliphatic rings. The van der Waals surface area contributed by atoms with Crippen LogP contribution in [0.1, 0.15) is 6.92 Å². The first-order valence-electron chi connectivity index (χ1n) is 11.6. The molecule has 0 aliphatic carbocycles. The summed E-state index contributed by atoms with van der Waals surface area (Å²) < 4.78 is 42.7. The second-order valence-corrected chi connectivity index (χ2v) is 7.92. The van der Waals surface area contributed by atoms with E-state index in [9.17, 15) is 25.2 Å². The molecule has 0 amide bonds. The monoisotopic (exact) mass is 532 g/mol. The van der Waals surface area contributed by atoms with Gasteiger partial charge in [-0.2, -0.15) is 0 Å². The van der Waals surface area contributed by atoms with Crippen LogP contribution in [0.25, 0.3) is 0 Å². The van der Waals surface area contributed by atoms with E-state index in [4.69, 9.17) is 43.0 Å². The van der Waals surface area contributed by atoms with Crippen molar-refractivity contribution in [2.75, 3.05) is 93.5 Å². The Morgan fingerprint density at radius 1 is 0.611 bits per heavy atom. The van der Waals surface area contributed by atoms with Crippen molar-refractivity contribution in [3.05, 3.63) is 0 Å². The van der Waals surface area contributed by atoms with Crippen molar-refractivity contribution < 1.29 is 68.2 Å². The van der Waals surface area contributed by atoms with Crippen molar-refractivity contribution in [3.63, 3.8) is 0 Å². The number of carbonyl (C=O) groups excluding carboxylic acids is 1. The Bertz CT molecular complexity index is 507. The van der Waals surface area contributed by atoms with E-state index in [0.29, 0.717) is 0 Å². The minimum absolute atomic E-state index is 0.0133. The number of hydrogen-bond acceptors (Lipinski definition) is 14. The van der Waals surface area contributed by atoms with Gasteiger partial charge >= 0.3 is 5.97 Å². The Kier molecular flexibility index (Phi) is 22.5. The quantitative estimate of drug-likeness (QED) is 0.0752. The van der Waals surface area contributed by atoms with E-state index < -0.39 is 49.2 Å². The van der Waals surface area contributed by atoms with Gasteiger partial charge in [0.1, 0.15) is 36.6 Å². The maximum Gasteiger partial charge on any atom is 0.303 e. The molecule has 6 atom stereocenters. The fourth-order valence-electron chi connectivity index (χ4n) is 2.63. The van der Waals surface area contributed by atoms with Crippen molar-refractivity contribution in [1.29, 1.82) is 0 Å². The van der Waals surface area contributed by atoms with E-state index in [1.807, 2.05) is 0 Å². The van der Waals surface area contributed by atoms with Gasteiger partial charge in [-0.05, 0) is 0 Å². The highest BCUT2D eigenvalue weighted by atomic mass is 16.6. The Morgan fingerprint density at radius 3 is 1.67 bits per heavy atom. The number of esters is 1. The van der Waals surface area contributed by atoms with Crippen molar-refractivity contribution >= 4 is 5.97 Å². The summed E-state index contributed by atoms with van der Waals surface area (Å²) in [4.78, 5) is 11.5. The molecule has 14 heteroatoms. The second-order valence-electron chi connectivity index (χ2n) is 7.92. The molecule has 0 fully saturated rings. The Morgan fingerprint density at radius 2 is 1.14 bits per heavy atom. The highest BCUT2D eigenvalue weighted by molar-refractivity contribution is 5.66. The molecule has 0 aromatic rings. The molecule has 36 heavy (non-hydrogen) atoms. The molecule has 0 saturated carbocycles. The standard InChI is InChI=1S/C22H44O14/c1-16(26)36-22(14-31-8-18(28)7-29-2)15-35-21(12-32-10-19(5-24)30-3)13-33-11-20(6-25)34-9-17(27)4-23/h17-25,27-28H,4-15H2,1-3H3. The van der Waals surface area contributed by atoms with Crippen molar-refractivity contribution in [3.8, 4) is 0 Å². The van der Waals surface area contributed by atoms with E-state index >= 15 is 0 Å². The molecule has 0 aromatic carbocycles. The molecule has 0 aliphatic heterocycles. The molecule has 216 valence electrons. The average molecular weight is 533 g/mol. The molecule has 5 N–H and O–H groups in total. The van der Waals surface area contributed by atoms with Gasteiger partial charge in [-0.3, -0.25) is 4.79 Å². The number of methoxy groups -OCH3 is 2. The van der Waals surface area contributed by atoms with E-state index in [1.54, 1.807) is 0 Å². The summed E-state index contributed by atoms with van der Waals surface area (Å²) >= 11 is 0. The normalized spacial score (nSPS) is 16.8. The number of rotatable bonds is 25. The van der Waals surface area contributed by atoms with E-state index in [-0.39, 0.29) is 72.7 Å². The van der Waals surface area contributed by atoms with Gasteiger partial charge in [0.2, 0.25) is 0 Å². The highest BCUT2D eigenvalue weighted by Crippen LogP contribution is 2.05. The van der Waals surface area contributed by atoms with Crippen LogP contribution in [0.4, 0.5) is 0 Å². The third kappa shape index (κ3) is 19.1. The summed E-state index contributed by atoms with van der Waals surface area (Å²) in [7, 11) is 2.89. The first kappa shape index (κ1) is 35.0. The maximum absolute atomic E-state index is 11.5. The van der Waals surface area contributed by atoms with Gasteiger partial charge in [-0.15, -0.1) is 0 Å². The first-order valence-corrected chi connectivity index (χ1v) is 11.6. The van der Waals surface area contributed by atoms with Crippen LogP contribution in [0.3, 0.4) is 0 Å². The highest BCUT2D eigenvalue weighted by Gasteiger charge is 2.20. The lowest BCUT2D eigenvalue weighted by Crippen LogP contribution is -2.36. The third-order valence-corrected chi connectivity index (χ3v) is 4.51. The van der Waals surface area contributed by atoms with E-state index in [2.05, 4.69) is 0 Å². The largest absolute Gasteiger partial charge is 0.458 e. The second kappa shape index (κ2) is 23.1. The zero-order chi connectivity index (χ0) is 27.2. The van der Waals surface area contributed by atoms with Crippen LogP contribution in [0.2, 0.25) is 0 Å². The van der Waals surface area contributed by atoms with Gasteiger partial charge in [0, 0.05) is 21.1 Å². The first-order chi connectivity index (χ1) is 17.3. The Hall–Kier alpha value is -1.01. The fourth-order valence-corrected chi connectivity index (χ4v) is 2.63. The number of ether oxygens (including phenoxy) is 8. The summed E-state index contributed by atoms with van der Waals surface area (Å²) in [5, 5.41) is 46.6. The number of carbonyl (C=O) groups is 1. The van der Waals surface area contributed by atoms with E-state index in [0.717, 1.165) is 0 Å². The zero-order valence-corrected chi connectivity index (χ0v) is 21.4. The van der Waals surface area contributed by atoms with Crippen LogP contribution in [-0.2, 0) is 42.7 Å². The zero-order valence-electron chi connectivity index (χ0n) is 21.4. The number of hydrogen-bond donors (Lipinski definition) is 5. The molecule has 0 bridgehead atoms. The maximum atomic E-state index is 11.5. The molecule has 0 radical (unpaired) electrons. The lowest BCUT2D eigenvalue weighted by Gasteiger charge is -2.24. The predicted octanol–water partition coefficient (Wildman–Crippen LogP) is -2.90. The molecular weight excluding hydrogens is 488 g/mol. The van der Waals surface area contributed by atoms with Crippen LogP contribution in [0.5, 0.6) is 0 Å². The van der Waals surface area contributed by atoms with Gasteiger partial charge in [-0.25, -0.2) is 0 Å². The molecule has 0 saturated heterocycles. The van der Waals surface area contributed by atoms with Crippen molar-refractivity contribution in [2.24, 2.45) is 0 Å². The fraction of sp³-hybridized carbons (Fsp3) is 0.955. The molecule has 6 unspecified atom stereocenters. The number of aliphatic hydroxyl groups is 5. The summed E-state index contributed by atoms with van der Waals surface area (Å²) in [5.74, 6) is -0.535. The van der Waals surface area contributed by atoms with Gasteiger partial charge < -0.3 is 63.4 Å². The molecule has 0 rings (SSSR count). The van der Waals surface area contributed by atoms with Crippen LogP contribution >= 0.6 is 0 Å². The Labute approximate surface area is 211 Å². The van der Waals surface area contributed by atoms with Gasteiger partial charge in [0.15, 0.2) is 0 Å². The van der Waals surface area contributed by atoms with Crippen LogP contribution in [0.15, 0.2) is 0 Å². The molecular formula is C22H44O14. The molecule has 0 heterocycles. The summed E-state index contributed by atoms with van der Waals surface area (Å²) in [6.45, 7) is 0.133. The minimum Gasteiger partial charge on any atom is -0.458 e. The smallest absolute Gasteiger partial charge is 0.303 e. The van der Waals surface area contributed by atoms with E-state index in [1.165, 1.54) is 21.1 Å². The lowest BCUT2D eigenvalue weighted by molar-refractivity contribution is -0.160. The third-order valence-electron chi connectivity index (χ3n) is 4.51. The number of aliphatic hydroxyl groups excluding tert-OH is 5. The van der Waals surface area contributed by atoms with Crippen LogP contribution in [-0.4, -0.2) is 162 Å². The molecule has 14 nitrogen and oxygen atoms in total. The average Bonchev–Trinajstić information content (AvgIpc) is 2.85. The van der Waals surface area contributed by atoms with Crippen LogP contribution < -0.4 is 0 Å². The SMILES string of the molecule is COCC(O)COCC(COC(COCC(CO)OC)COCC(CO)OCC(O)CO)OC(C)=O. The molecule has 0 aromatic heterocycles. The predicted molar refractivity (Wildman–Crippen MR) is 123 cm³/mol. The topological polar surface area (TPSA) is 192 Å². The van der Waals surface area contributed by atoms with Crippen molar-refractivity contribution in [1.82, 2.24) is 0 Å².